The van der Waals surface area contributed by atoms with Gasteiger partial charge in [-0.3, -0.25) is 9.48 Å². The lowest BCUT2D eigenvalue weighted by Gasteiger charge is -2.38. The van der Waals surface area contributed by atoms with E-state index in [1.807, 2.05) is 13.0 Å². The summed E-state index contributed by atoms with van der Waals surface area (Å²) < 4.78 is 42.2. The molecule has 1 aromatic heterocycles. The Morgan fingerprint density at radius 1 is 1.38 bits per heavy atom. The van der Waals surface area contributed by atoms with Crippen LogP contribution in [0.4, 0.5) is 13.2 Å². The second-order valence-electron chi connectivity index (χ2n) is 6.18. The number of rotatable bonds is 2. The minimum atomic E-state index is -4.66. The molecule has 0 bridgehead atoms. The van der Waals surface area contributed by atoms with Gasteiger partial charge < -0.3 is 9.64 Å². The quantitative estimate of drug-likeness (QED) is 0.607. The summed E-state index contributed by atoms with van der Waals surface area (Å²) in [5, 5.41) is 4.23. The van der Waals surface area contributed by atoms with Gasteiger partial charge in [-0.15, -0.1) is 0 Å². The van der Waals surface area contributed by atoms with E-state index in [1.165, 1.54) is 4.90 Å². The van der Waals surface area contributed by atoms with Crippen LogP contribution in [0.1, 0.15) is 37.2 Å². The van der Waals surface area contributed by atoms with Crippen molar-refractivity contribution in [3.05, 3.63) is 17.5 Å². The fourth-order valence-corrected chi connectivity index (χ4v) is 2.95. The van der Waals surface area contributed by atoms with Crippen LogP contribution in [-0.4, -0.2) is 45.9 Å². The first-order chi connectivity index (χ1) is 11.1. The predicted molar refractivity (Wildman–Crippen MR) is 77.8 cm³/mol. The van der Waals surface area contributed by atoms with Gasteiger partial charge in [-0.05, 0) is 31.7 Å². The molecule has 1 saturated heterocycles. The average molecular weight is 347 g/mol. The van der Waals surface area contributed by atoms with Crippen molar-refractivity contribution in [1.29, 1.82) is 0 Å². The molecule has 2 atom stereocenters. The van der Waals surface area contributed by atoms with Gasteiger partial charge in [0, 0.05) is 13.6 Å². The molecular formula is C15H20F3N3O3. The number of amides is 1. The first kappa shape index (κ1) is 18.3. The van der Waals surface area contributed by atoms with Crippen molar-refractivity contribution >= 4 is 11.9 Å². The molecule has 1 amide bonds. The maximum absolute atomic E-state index is 12.3. The summed E-state index contributed by atoms with van der Waals surface area (Å²) in [5.74, 6) is -2.38. The van der Waals surface area contributed by atoms with Gasteiger partial charge in [0.05, 0.1) is 17.4 Å². The Bertz CT molecular complexity index is 627. The first-order valence-electron chi connectivity index (χ1n) is 7.63. The SMILES string of the molecule is Cc1cc([C@H]2CC[C@H](C)CN2C(=O)C(=O)OCC(F)(F)F)n(C)n1. The molecule has 2 rings (SSSR count). The molecule has 0 unspecified atom stereocenters. The van der Waals surface area contributed by atoms with E-state index in [-0.39, 0.29) is 12.5 Å². The molecule has 0 saturated carbocycles. The van der Waals surface area contributed by atoms with E-state index in [0.29, 0.717) is 6.42 Å². The molecular weight excluding hydrogens is 327 g/mol. The number of carbonyl (C=O) groups excluding carboxylic acids is 2. The molecule has 0 spiro atoms. The van der Waals surface area contributed by atoms with Gasteiger partial charge >= 0.3 is 18.1 Å². The van der Waals surface area contributed by atoms with E-state index in [9.17, 15) is 22.8 Å². The number of hydrogen-bond acceptors (Lipinski definition) is 4. The van der Waals surface area contributed by atoms with E-state index in [4.69, 9.17) is 0 Å². The molecule has 1 fully saturated rings. The maximum atomic E-state index is 12.3. The van der Waals surface area contributed by atoms with Crippen LogP contribution in [0.25, 0.3) is 0 Å². The monoisotopic (exact) mass is 347 g/mol. The van der Waals surface area contributed by atoms with Gasteiger partial charge in [0.1, 0.15) is 0 Å². The van der Waals surface area contributed by atoms with Crippen LogP contribution in [0.3, 0.4) is 0 Å². The van der Waals surface area contributed by atoms with E-state index in [0.717, 1.165) is 17.8 Å². The molecule has 0 aromatic carbocycles. The molecule has 2 heterocycles. The molecule has 134 valence electrons. The number of piperidine rings is 1. The van der Waals surface area contributed by atoms with Crippen LogP contribution in [0.5, 0.6) is 0 Å². The lowest BCUT2D eigenvalue weighted by atomic mass is 9.92. The van der Waals surface area contributed by atoms with Crippen molar-refractivity contribution in [2.45, 2.75) is 38.9 Å². The van der Waals surface area contributed by atoms with Crippen LogP contribution in [-0.2, 0) is 21.4 Å². The lowest BCUT2D eigenvalue weighted by Crippen LogP contribution is -2.46. The highest BCUT2D eigenvalue weighted by molar-refractivity contribution is 6.32. The molecule has 9 heteroatoms. The van der Waals surface area contributed by atoms with Crippen molar-refractivity contribution in [2.75, 3.05) is 13.2 Å². The molecule has 0 aliphatic carbocycles. The lowest BCUT2D eigenvalue weighted by molar-refractivity contribution is -0.190. The molecule has 1 aromatic rings. The van der Waals surface area contributed by atoms with Crippen LogP contribution in [0.15, 0.2) is 6.07 Å². The number of carbonyl (C=O) groups is 2. The predicted octanol–water partition coefficient (Wildman–Crippen LogP) is 2.13. The van der Waals surface area contributed by atoms with Crippen molar-refractivity contribution < 1.29 is 27.5 Å². The minimum Gasteiger partial charge on any atom is -0.449 e. The number of alkyl halides is 3. The van der Waals surface area contributed by atoms with Crippen molar-refractivity contribution in [1.82, 2.24) is 14.7 Å². The van der Waals surface area contributed by atoms with Gasteiger partial charge in [-0.1, -0.05) is 6.92 Å². The molecule has 24 heavy (non-hydrogen) atoms. The zero-order valence-electron chi connectivity index (χ0n) is 13.8. The fourth-order valence-electron chi connectivity index (χ4n) is 2.95. The summed E-state index contributed by atoms with van der Waals surface area (Å²) in [5.41, 5.74) is 1.51. The van der Waals surface area contributed by atoms with Gasteiger partial charge in [0.25, 0.3) is 0 Å². The topological polar surface area (TPSA) is 64.4 Å². The second kappa shape index (κ2) is 6.82. The molecule has 1 aliphatic heterocycles. The summed E-state index contributed by atoms with van der Waals surface area (Å²) in [4.78, 5) is 25.3. The number of hydrogen-bond donors (Lipinski definition) is 0. The Morgan fingerprint density at radius 3 is 2.58 bits per heavy atom. The Balaban J connectivity index is 2.18. The molecule has 0 N–H and O–H groups in total. The Morgan fingerprint density at radius 2 is 2.04 bits per heavy atom. The Labute approximate surface area is 137 Å². The van der Waals surface area contributed by atoms with Crippen LogP contribution >= 0.6 is 0 Å². The number of likely N-dealkylation sites (tertiary alicyclic amines) is 1. The van der Waals surface area contributed by atoms with E-state index in [2.05, 4.69) is 9.84 Å². The van der Waals surface area contributed by atoms with Crippen molar-refractivity contribution in [3.8, 4) is 0 Å². The van der Waals surface area contributed by atoms with Crippen LogP contribution in [0.2, 0.25) is 0 Å². The number of aromatic nitrogens is 2. The highest BCUT2D eigenvalue weighted by Crippen LogP contribution is 2.33. The van der Waals surface area contributed by atoms with Gasteiger partial charge in [-0.25, -0.2) is 4.79 Å². The van der Waals surface area contributed by atoms with Gasteiger partial charge in [-0.2, -0.15) is 18.3 Å². The van der Waals surface area contributed by atoms with E-state index < -0.39 is 30.7 Å². The maximum Gasteiger partial charge on any atom is 0.422 e. The van der Waals surface area contributed by atoms with Gasteiger partial charge in [0.2, 0.25) is 0 Å². The molecule has 0 radical (unpaired) electrons. The third kappa shape index (κ3) is 4.27. The van der Waals surface area contributed by atoms with Crippen molar-refractivity contribution in [2.24, 2.45) is 13.0 Å². The Kier molecular flexibility index (Phi) is 5.19. The zero-order chi connectivity index (χ0) is 18.1. The summed E-state index contributed by atoms with van der Waals surface area (Å²) in [6.07, 6.45) is -3.21. The normalized spacial score (nSPS) is 21.7. The number of nitrogens with zero attached hydrogens (tertiary/aromatic N) is 3. The summed E-state index contributed by atoms with van der Waals surface area (Å²) in [7, 11) is 1.73. The molecule has 6 nitrogen and oxygen atoms in total. The standard InChI is InChI=1S/C15H20F3N3O3/c1-9-4-5-11(12-6-10(2)19-20(12)3)21(7-9)13(22)14(23)24-8-15(16,17)18/h6,9,11H,4-5,7-8H2,1-3H3/t9-,11+/m0/s1. The fraction of sp³-hybridized carbons (Fsp3) is 0.667. The molecule has 1 aliphatic rings. The third-order valence-corrected chi connectivity index (χ3v) is 4.00. The smallest absolute Gasteiger partial charge is 0.422 e. The number of aryl methyl sites for hydroxylation is 2. The average Bonchev–Trinajstić information content (AvgIpc) is 2.81. The minimum absolute atomic E-state index is 0.148. The van der Waals surface area contributed by atoms with E-state index in [1.54, 1.807) is 18.7 Å². The Hall–Kier alpha value is -2.06. The summed E-state index contributed by atoms with van der Waals surface area (Å²) >= 11 is 0. The zero-order valence-corrected chi connectivity index (χ0v) is 13.8. The number of esters is 1. The number of ether oxygens (including phenoxy) is 1. The second-order valence-corrected chi connectivity index (χ2v) is 6.18. The highest BCUT2D eigenvalue weighted by Gasteiger charge is 2.38. The summed E-state index contributed by atoms with van der Waals surface area (Å²) in [6.45, 7) is 2.25. The third-order valence-electron chi connectivity index (χ3n) is 4.00. The van der Waals surface area contributed by atoms with Gasteiger partial charge in [0.15, 0.2) is 6.61 Å². The van der Waals surface area contributed by atoms with E-state index >= 15 is 0 Å². The number of halogens is 3. The van der Waals surface area contributed by atoms with Crippen LogP contribution in [0, 0.1) is 12.8 Å². The van der Waals surface area contributed by atoms with Crippen molar-refractivity contribution in [3.63, 3.8) is 0 Å². The largest absolute Gasteiger partial charge is 0.449 e. The van der Waals surface area contributed by atoms with Crippen LogP contribution < -0.4 is 0 Å². The highest BCUT2D eigenvalue weighted by atomic mass is 19.4. The first-order valence-corrected chi connectivity index (χ1v) is 7.63. The summed E-state index contributed by atoms with van der Waals surface area (Å²) in [6, 6.07) is 1.40.